The Bertz CT molecular complexity index is 324. The van der Waals surface area contributed by atoms with Gasteiger partial charge in [-0.25, -0.2) is 9.97 Å². The Labute approximate surface area is 96.4 Å². The molecule has 4 nitrogen and oxygen atoms in total. The molecule has 1 aromatic rings. The number of nitrogens with one attached hydrogen (secondary N) is 1. The fourth-order valence-electron chi connectivity index (χ4n) is 1.91. The van der Waals surface area contributed by atoms with E-state index >= 15 is 0 Å². The molecule has 0 saturated carbocycles. The van der Waals surface area contributed by atoms with E-state index in [1.807, 2.05) is 12.3 Å². The van der Waals surface area contributed by atoms with Gasteiger partial charge in [0.15, 0.2) is 0 Å². The summed E-state index contributed by atoms with van der Waals surface area (Å²) < 4.78 is 5.41. The molecule has 1 aliphatic heterocycles. The zero-order valence-corrected chi connectivity index (χ0v) is 9.78. The van der Waals surface area contributed by atoms with Gasteiger partial charge in [-0.05, 0) is 12.5 Å². The molecule has 1 unspecified atom stereocenters. The van der Waals surface area contributed by atoms with Crippen molar-refractivity contribution in [3.63, 3.8) is 0 Å². The van der Waals surface area contributed by atoms with Crippen molar-refractivity contribution < 1.29 is 4.74 Å². The summed E-state index contributed by atoms with van der Waals surface area (Å²) in [7, 11) is 0. The van der Waals surface area contributed by atoms with Crippen LogP contribution in [0.1, 0.15) is 24.9 Å². The lowest BCUT2D eigenvalue weighted by Gasteiger charge is -2.23. The van der Waals surface area contributed by atoms with Gasteiger partial charge in [-0.3, -0.25) is 0 Å². The SMILES string of the molecule is CCCc1ccnc(CC2COCCN2)n1. The van der Waals surface area contributed by atoms with E-state index < -0.39 is 0 Å². The van der Waals surface area contributed by atoms with Crippen molar-refractivity contribution in [3.05, 3.63) is 23.8 Å². The number of hydrogen-bond acceptors (Lipinski definition) is 4. The van der Waals surface area contributed by atoms with Gasteiger partial charge in [0.25, 0.3) is 0 Å². The maximum atomic E-state index is 5.41. The van der Waals surface area contributed by atoms with Crippen LogP contribution in [0.2, 0.25) is 0 Å². The Kier molecular flexibility index (Phi) is 4.25. The normalized spacial score (nSPS) is 20.9. The molecule has 1 fully saturated rings. The molecule has 0 amide bonds. The molecule has 1 saturated heterocycles. The van der Waals surface area contributed by atoms with Crippen molar-refractivity contribution in [2.45, 2.75) is 32.2 Å². The van der Waals surface area contributed by atoms with Crippen LogP contribution < -0.4 is 5.32 Å². The molecule has 2 heterocycles. The van der Waals surface area contributed by atoms with E-state index in [2.05, 4.69) is 22.2 Å². The van der Waals surface area contributed by atoms with Crippen LogP contribution >= 0.6 is 0 Å². The largest absolute Gasteiger partial charge is 0.379 e. The van der Waals surface area contributed by atoms with E-state index in [1.165, 1.54) is 0 Å². The minimum absolute atomic E-state index is 0.366. The lowest BCUT2D eigenvalue weighted by molar-refractivity contribution is 0.0764. The van der Waals surface area contributed by atoms with Crippen LogP contribution in [0.5, 0.6) is 0 Å². The number of aryl methyl sites for hydroxylation is 1. The maximum absolute atomic E-state index is 5.41. The van der Waals surface area contributed by atoms with Crippen LogP contribution in [0.15, 0.2) is 12.3 Å². The van der Waals surface area contributed by atoms with Crippen molar-refractivity contribution in [2.24, 2.45) is 0 Å². The van der Waals surface area contributed by atoms with Gasteiger partial charge in [0, 0.05) is 30.9 Å². The van der Waals surface area contributed by atoms with Gasteiger partial charge >= 0.3 is 0 Å². The van der Waals surface area contributed by atoms with E-state index in [0.717, 1.165) is 50.5 Å². The lowest BCUT2D eigenvalue weighted by atomic mass is 10.2. The smallest absolute Gasteiger partial charge is 0.130 e. The van der Waals surface area contributed by atoms with Crippen molar-refractivity contribution in [1.82, 2.24) is 15.3 Å². The van der Waals surface area contributed by atoms with Gasteiger partial charge < -0.3 is 10.1 Å². The molecular weight excluding hydrogens is 202 g/mol. The Hall–Kier alpha value is -1.00. The molecule has 0 aromatic carbocycles. The molecule has 0 radical (unpaired) electrons. The van der Waals surface area contributed by atoms with Crippen molar-refractivity contribution in [3.8, 4) is 0 Å². The molecule has 1 aliphatic rings. The first-order valence-corrected chi connectivity index (χ1v) is 6.00. The molecule has 0 spiro atoms. The first-order valence-electron chi connectivity index (χ1n) is 6.00. The average molecular weight is 221 g/mol. The molecule has 1 N–H and O–H groups in total. The molecule has 2 rings (SSSR count). The second-order valence-corrected chi connectivity index (χ2v) is 4.14. The van der Waals surface area contributed by atoms with Crippen molar-refractivity contribution in [1.29, 1.82) is 0 Å². The number of aromatic nitrogens is 2. The number of hydrogen-bond donors (Lipinski definition) is 1. The van der Waals surface area contributed by atoms with Crippen LogP contribution in [-0.4, -0.2) is 35.8 Å². The summed E-state index contributed by atoms with van der Waals surface area (Å²) in [4.78, 5) is 8.86. The fraction of sp³-hybridized carbons (Fsp3) is 0.667. The highest BCUT2D eigenvalue weighted by atomic mass is 16.5. The summed E-state index contributed by atoms with van der Waals surface area (Å²) in [5.41, 5.74) is 1.14. The van der Waals surface area contributed by atoms with Gasteiger partial charge in [-0.15, -0.1) is 0 Å². The first-order chi connectivity index (χ1) is 7.88. The third kappa shape index (κ3) is 3.25. The summed E-state index contributed by atoms with van der Waals surface area (Å²) in [5.74, 6) is 0.925. The zero-order valence-electron chi connectivity index (χ0n) is 9.78. The second-order valence-electron chi connectivity index (χ2n) is 4.14. The number of ether oxygens (including phenoxy) is 1. The molecular formula is C12H19N3O. The van der Waals surface area contributed by atoms with E-state index in [9.17, 15) is 0 Å². The molecule has 1 atom stereocenters. The molecule has 88 valence electrons. The van der Waals surface area contributed by atoms with Crippen LogP contribution in [-0.2, 0) is 17.6 Å². The number of rotatable bonds is 4. The second kappa shape index (κ2) is 5.92. The van der Waals surface area contributed by atoms with Crippen LogP contribution in [0.25, 0.3) is 0 Å². The Morgan fingerprint density at radius 2 is 2.50 bits per heavy atom. The quantitative estimate of drug-likeness (QED) is 0.822. The van der Waals surface area contributed by atoms with Crippen LogP contribution in [0.4, 0.5) is 0 Å². The van der Waals surface area contributed by atoms with Gasteiger partial charge in [0.2, 0.25) is 0 Å². The summed E-state index contributed by atoms with van der Waals surface area (Å²) in [6, 6.07) is 2.36. The Morgan fingerprint density at radius 1 is 1.56 bits per heavy atom. The Balaban J connectivity index is 1.94. The van der Waals surface area contributed by atoms with E-state index in [0.29, 0.717) is 6.04 Å². The van der Waals surface area contributed by atoms with Crippen molar-refractivity contribution >= 4 is 0 Å². The predicted molar refractivity (Wildman–Crippen MR) is 62.3 cm³/mol. The van der Waals surface area contributed by atoms with Gasteiger partial charge in [-0.1, -0.05) is 13.3 Å². The number of nitrogens with zero attached hydrogens (tertiary/aromatic N) is 2. The van der Waals surface area contributed by atoms with E-state index in [4.69, 9.17) is 4.74 Å². The van der Waals surface area contributed by atoms with Gasteiger partial charge in [0.05, 0.1) is 13.2 Å². The minimum Gasteiger partial charge on any atom is -0.379 e. The first kappa shape index (κ1) is 11.5. The zero-order chi connectivity index (χ0) is 11.2. The summed E-state index contributed by atoms with van der Waals surface area (Å²) in [6.07, 6.45) is 4.87. The topological polar surface area (TPSA) is 47.0 Å². The number of morpholine rings is 1. The van der Waals surface area contributed by atoms with Gasteiger partial charge in [-0.2, -0.15) is 0 Å². The third-order valence-electron chi connectivity index (χ3n) is 2.70. The standard InChI is InChI=1S/C12H19N3O/c1-2-3-10-4-5-14-12(15-10)8-11-9-16-7-6-13-11/h4-5,11,13H,2-3,6-9H2,1H3. The monoisotopic (exact) mass is 221 g/mol. The summed E-state index contributed by atoms with van der Waals surface area (Å²) >= 11 is 0. The van der Waals surface area contributed by atoms with Crippen LogP contribution in [0.3, 0.4) is 0 Å². The Morgan fingerprint density at radius 3 is 3.25 bits per heavy atom. The molecule has 4 heteroatoms. The maximum Gasteiger partial charge on any atom is 0.130 e. The fourth-order valence-corrected chi connectivity index (χ4v) is 1.91. The molecule has 0 aliphatic carbocycles. The van der Waals surface area contributed by atoms with E-state index in [1.54, 1.807) is 0 Å². The summed E-state index contributed by atoms with van der Waals surface area (Å²) in [5, 5.41) is 3.41. The van der Waals surface area contributed by atoms with Crippen molar-refractivity contribution in [2.75, 3.05) is 19.8 Å². The molecule has 0 bridgehead atoms. The third-order valence-corrected chi connectivity index (χ3v) is 2.70. The van der Waals surface area contributed by atoms with Gasteiger partial charge in [0.1, 0.15) is 5.82 Å². The molecule has 16 heavy (non-hydrogen) atoms. The summed E-state index contributed by atoms with van der Waals surface area (Å²) in [6.45, 7) is 4.67. The molecule has 1 aromatic heterocycles. The highest BCUT2D eigenvalue weighted by Crippen LogP contribution is 2.04. The van der Waals surface area contributed by atoms with E-state index in [-0.39, 0.29) is 0 Å². The van der Waals surface area contributed by atoms with Crippen LogP contribution in [0, 0.1) is 0 Å². The minimum atomic E-state index is 0.366. The average Bonchev–Trinajstić information content (AvgIpc) is 2.31. The predicted octanol–water partition coefficient (Wildman–Crippen LogP) is 0.960. The highest BCUT2D eigenvalue weighted by Gasteiger charge is 2.14. The lowest BCUT2D eigenvalue weighted by Crippen LogP contribution is -2.42. The highest BCUT2D eigenvalue weighted by molar-refractivity contribution is 5.03.